The molecule has 132 valence electrons. The maximum Gasteiger partial charge on any atom is 0.231 e. The molecule has 1 atom stereocenters. The molecule has 0 bridgehead atoms. The number of hydrogen-bond acceptors (Lipinski definition) is 5. The van der Waals surface area contributed by atoms with E-state index in [0.29, 0.717) is 12.7 Å². The molecule has 0 N–H and O–H groups in total. The summed E-state index contributed by atoms with van der Waals surface area (Å²) in [7, 11) is 0. The number of likely N-dealkylation sites (tertiary alicyclic amines) is 1. The van der Waals surface area contributed by atoms with Crippen molar-refractivity contribution in [3.05, 3.63) is 66.2 Å². The predicted octanol–water partition coefficient (Wildman–Crippen LogP) is 4.06. The Morgan fingerprint density at radius 1 is 1.08 bits per heavy atom. The number of fused-ring (bicyclic) bond motifs is 1. The zero-order valence-electron chi connectivity index (χ0n) is 14.4. The van der Waals surface area contributed by atoms with Gasteiger partial charge < -0.3 is 13.9 Å². The standard InChI is InChI=1S/C21H20N2O3/c1-2-18(24-9-1)13-23-8-6-17(12-23)15-5-7-22-19(10-15)16-3-4-20-21(11-16)26-14-25-20/h1-5,7,9-11,17H,6,8,12-14H2. The van der Waals surface area contributed by atoms with Crippen LogP contribution >= 0.6 is 0 Å². The Kier molecular flexibility index (Phi) is 3.87. The van der Waals surface area contributed by atoms with E-state index in [1.807, 2.05) is 36.5 Å². The molecule has 5 nitrogen and oxygen atoms in total. The van der Waals surface area contributed by atoms with Gasteiger partial charge in [-0.25, -0.2) is 0 Å². The number of furan rings is 1. The largest absolute Gasteiger partial charge is 0.468 e. The lowest BCUT2D eigenvalue weighted by Crippen LogP contribution is -2.19. The van der Waals surface area contributed by atoms with E-state index in [2.05, 4.69) is 22.0 Å². The van der Waals surface area contributed by atoms with Gasteiger partial charge in [-0.05, 0) is 66.9 Å². The number of aromatic nitrogens is 1. The van der Waals surface area contributed by atoms with Crippen molar-refractivity contribution in [3.63, 3.8) is 0 Å². The third-order valence-electron chi connectivity index (χ3n) is 5.16. The SMILES string of the molecule is c1coc(CN2CCC(c3ccnc(-c4ccc5c(c4)OCO5)c3)C2)c1. The third kappa shape index (κ3) is 2.95. The van der Waals surface area contributed by atoms with Crippen LogP contribution in [0.5, 0.6) is 11.5 Å². The molecule has 4 heterocycles. The zero-order chi connectivity index (χ0) is 17.3. The first-order valence-corrected chi connectivity index (χ1v) is 8.96. The van der Waals surface area contributed by atoms with E-state index in [-0.39, 0.29) is 0 Å². The van der Waals surface area contributed by atoms with Crippen molar-refractivity contribution in [3.8, 4) is 22.8 Å². The molecule has 2 aromatic heterocycles. The molecule has 5 rings (SSSR count). The highest BCUT2D eigenvalue weighted by molar-refractivity contribution is 5.65. The molecule has 5 heteroatoms. The lowest BCUT2D eigenvalue weighted by molar-refractivity contribution is 0.174. The second kappa shape index (κ2) is 6.50. The van der Waals surface area contributed by atoms with E-state index in [1.165, 1.54) is 5.56 Å². The first-order valence-electron chi connectivity index (χ1n) is 8.96. The quantitative estimate of drug-likeness (QED) is 0.711. The Labute approximate surface area is 152 Å². The summed E-state index contributed by atoms with van der Waals surface area (Å²) in [6.45, 7) is 3.31. The fraction of sp³-hybridized carbons (Fsp3) is 0.286. The molecule has 0 radical (unpaired) electrons. The van der Waals surface area contributed by atoms with E-state index >= 15 is 0 Å². The van der Waals surface area contributed by atoms with Gasteiger partial charge in [0.1, 0.15) is 5.76 Å². The summed E-state index contributed by atoms with van der Waals surface area (Å²) in [4.78, 5) is 7.01. The molecule has 2 aliphatic heterocycles. The van der Waals surface area contributed by atoms with Crippen LogP contribution in [-0.2, 0) is 6.54 Å². The molecule has 26 heavy (non-hydrogen) atoms. The highest BCUT2D eigenvalue weighted by Gasteiger charge is 2.25. The lowest BCUT2D eigenvalue weighted by atomic mass is 9.97. The van der Waals surface area contributed by atoms with Crippen LogP contribution in [0.1, 0.15) is 23.7 Å². The summed E-state index contributed by atoms with van der Waals surface area (Å²) in [6, 6.07) is 14.3. The monoisotopic (exact) mass is 348 g/mol. The lowest BCUT2D eigenvalue weighted by Gasteiger charge is -2.15. The Morgan fingerprint density at radius 3 is 2.96 bits per heavy atom. The van der Waals surface area contributed by atoms with E-state index in [0.717, 1.165) is 54.6 Å². The Morgan fingerprint density at radius 2 is 2.04 bits per heavy atom. The van der Waals surface area contributed by atoms with Crippen molar-refractivity contribution in [1.29, 1.82) is 0 Å². The Bertz CT molecular complexity index is 907. The highest BCUT2D eigenvalue weighted by atomic mass is 16.7. The summed E-state index contributed by atoms with van der Waals surface area (Å²) in [5.74, 6) is 3.15. The number of nitrogens with zero attached hydrogens (tertiary/aromatic N) is 2. The number of rotatable bonds is 4. The van der Waals surface area contributed by atoms with Gasteiger partial charge in [0.25, 0.3) is 0 Å². The predicted molar refractivity (Wildman–Crippen MR) is 97.1 cm³/mol. The van der Waals surface area contributed by atoms with Gasteiger partial charge in [-0.3, -0.25) is 9.88 Å². The summed E-state index contributed by atoms with van der Waals surface area (Å²) in [6.07, 6.45) is 4.80. The topological polar surface area (TPSA) is 47.7 Å². The normalized spacial score (nSPS) is 19.2. The summed E-state index contributed by atoms with van der Waals surface area (Å²) >= 11 is 0. The van der Waals surface area contributed by atoms with E-state index in [9.17, 15) is 0 Å². The van der Waals surface area contributed by atoms with Gasteiger partial charge in [0.05, 0.1) is 18.5 Å². The van der Waals surface area contributed by atoms with Crippen LogP contribution in [0.4, 0.5) is 0 Å². The van der Waals surface area contributed by atoms with Crippen LogP contribution in [0.2, 0.25) is 0 Å². The maximum atomic E-state index is 5.49. The zero-order valence-corrected chi connectivity index (χ0v) is 14.4. The molecular formula is C21H20N2O3. The van der Waals surface area contributed by atoms with Crippen molar-refractivity contribution in [2.45, 2.75) is 18.9 Å². The molecule has 1 saturated heterocycles. The van der Waals surface area contributed by atoms with E-state index < -0.39 is 0 Å². The van der Waals surface area contributed by atoms with Crippen LogP contribution in [0.25, 0.3) is 11.3 Å². The van der Waals surface area contributed by atoms with Crippen molar-refractivity contribution < 1.29 is 13.9 Å². The van der Waals surface area contributed by atoms with Gasteiger partial charge in [0, 0.05) is 18.3 Å². The molecular weight excluding hydrogens is 328 g/mol. The number of ether oxygens (including phenoxy) is 2. The van der Waals surface area contributed by atoms with Crippen molar-refractivity contribution in [1.82, 2.24) is 9.88 Å². The summed E-state index contributed by atoms with van der Waals surface area (Å²) in [5, 5.41) is 0. The van der Waals surface area contributed by atoms with E-state index in [1.54, 1.807) is 6.26 Å². The molecule has 0 aliphatic carbocycles. The molecule has 0 saturated carbocycles. The van der Waals surface area contributed by atoms with Crippen LogP contribution < -0.4 is 9.47 Å². The van der Waals surface area contributed by atoms with E-state index in [4.69, 9.17) is 13.9 Å². The fourth-order valence-corrected chi connectivity index (χ4v) is 3.79. The Balaban J connectivity index is 1.34. The number of pyridine rings is 1. The Hall–Kier alpha value is -2.79. The molecule has 1 aromatic carbocycles. The minimum Gasteiger partial charge on any atom is -0.468 e. The molecule has 0 amide bonds. The van der Waals surface area contributed by atoms with Gasteiger partial charge in [-0.2, -0.15) is 0 Å². The first-order chi connectivity index (χ1) is 12.8. The third-order valence-corrected chi connectivity index (χ3v) is 5.16. The van der Waals surface area contributed by atoms with Crippen LogP contribution in [0.15, 0.2) is 59.3 Å². The average molecular weight is 348 g/mol. The minimum absolute atomic E-state index is 0.292. The molecule has 2 aliphatic rings. The minimum atomic E-state index is 0.292. The number of benzene rings is 1. The highest BCUT2D eigenvalue weighted by Crippen LogP contribution is 2.36. The van der Waals surface area contributed by atoms with Crippen LogP contribution in [0, 0.1) is 0 Å². The van der Waals surface area contributed by atoms with Crippen LogP contribution in [-0.4, -0.2) is 29.8 Å². The molecule has 3 aromatic rings. The summed E-state index contributed by atoms with van der Waals surface area (Å²) < 4.78 is 16.4. The van der Waals surface area contributed by atoms with Gasteiger partial charge in [-0.1, -0.05) is 0 Å². The van der Waals surface area contributed by atoms with Gasteiger partial charge >= 0.3 is 0 Å². The van der Waals surface area contributed by atoms with Crippen molar-refractivity contribution >= 4 is 0 Å². The van der Waals surface area contributed by atoms with Crippen molar-refractivity contribution in [2.75, 3.05) is 19.9 Å². The van der Waals surface area contributed by atoms with Gasteiger partial charge in [0.2, 0.25) is 6.79 Å². The smallest absolute Gasteiger partial charge is 0.231 e. The second-order valence-electron chi connectivity index (χ2n) is 6.84. The van der Waals surface area contributed by atoms with Gasteiger partial charge in [-0.15, -0.1) is 0 Å². The van der Waals surface area contributed by atoms with Gasteiger partial charge in [0.15, 0.2) is 11.5 Å². The summed E-state index contributed by atoms with van der Waals surface area (Å²) in [5.41, 5.74) is 3.38. The maximum absolute atomic E-state index is 5.49. The molecule has 0 spiro atoms. The first kappa shape index (κ1) is 15.5. The molecule has 1 fully saturated rings. The fourth-order valence-electron chi connectivity index (χ4n) is 3.79. The van der Waals surface area contributed by atoms with Crippen LogP contribution in [0.3, 0.4) is 0 Å². The van der Waals surface area contributed by atoms with Crippen molar-refractivity contribution in [2.24, 2.45) is 0 Å². The number of hydrogen-bond donors (Lipinski definition) is 0. The molecule has 1 unspecified atom stereocenters. The second-order valence-corrected chi connectivity index (χ2v) is 6.84. The average Bonchev–Trinajstić information content (AvgIpc) is 3.43.